The molecule has 0 radical (unpaired) electrons. The van der Waals surface area contributed by atoms with E-state index in [0.29, 0.717) is 25.5 Å². The molecular weight excluding hydrogens is 246 g/mol. The van der Waals surface area contributed by atoms with Gasteiger partial charge >= 0.3 is 5.69 Å². The van der Waals surface area contributed by atoms with Crippen molar-refractivity contribution in [2.24, 2.45) is 0 Å². The zero-order valence-electron chi connectivity index (χ0n) is 9.36. The van der Waals surface area contributed by atoms with E-state index in [-0.39, 0.29) is 18.0 Å². The Morgan fingerprint density at radius 2 is 2.06 bits per heavy atom. The smallest absolute Gasteiger partial charge is 0.328 e. The summed E-state index contributed by atoms with van der Waals surface area (Å²) in [6.45, 7) is 0.319. The summed E-state index contributed by atoms with van der Waals surface area (Å²) < 4.78 is 26.6. The van der Waals surface area contributed by atoms with Gasteiger partial charge in [-0.3, -0.25) is 14.9 Å². The molecule has 5 nitrogen and oxygen atoms in total. The van der Waals surface area contributed by atoms with Gasteiger partial charge in [0.2, 0.25) is 5.82 Å². The van der Waals surface area contributed by atoms with Crippen molar-refractivity contribution in [2.45, 2.75) is 12.8 Å². The minimum atomic E-state index is -1.23. The zero-order chi connectivity index (χ0) is 13.3. The van der Waals surface area contributed by atoms with Crippen molar-refractivity contribution in [1.82, 2.24) is 0 Å². The van der Waals surface area contributed by atoms with Crippen LogP contribution in [0, 0.1) is 21.7 Å². The summed E-state index contributed by atoms with van der Waals surface area (Å²) in [6, 6.07) is 1.35. The number of ketones is 1. The number of nitrogens with zero attached hydrogens (tertiary/aromatic N) is 2. The van der Waals surface area contributed by atoms with Gasteiger partial charge < -0.3 is 4.90 Å². The fraction of sp³-hybridized carbons (Fsp3) is 0.364. The Balaban J connectivity index is 2.48. The molecule has 0 N–H and O–H groups in total. The summed E-state index contributed by atoms with van der Waals surface area (Å²) in [5, 5.41) is 10.8. The van der Waals surface area contributed by atoms with E-state index in [0.717, 1.165) is 6.07 Å². The Labute approximate surface area is 101 Å². The molecule has 1 heterocycles. The molecule has 7 heteroatoms. The lowest BCUT2D eigenvalue weighted by Gasteiger charge is -2.27. The van der Waals surface area contributed by atoms with Crippen molar-refractivity contribution in [1.29, 1.82) is 0 Å². The lowest BCUT2D eigenvalue weighted by Crippen LogP contribution is -2.36. The second-order valence-electron chi connectivity index (χ2n) is 4.08. The SMILES string of the molecule is O=C1CCCN(c2cc(F)cc(F)c2[N+](=O)[O-])C1. The van der Waals surface area contributed by atoms with Gasteiger partial charge in [0.15, 0.2) is 5.78 Å². The van der Waals surface area contributed by atoms with Crippen molar-refractivity contribution < 1.29 is 18.5 Å². The summed E-state index contributed by atoms with van der Waals surface area (Å²) in [5.41, 5.74) is -0.961. The molecule has 1 aromatic rings. The van der Waals surface area contributed by atoms with E-state index in [1.165, 1.54) is 4.90 Å². The number of carbonyl (C=O) groups is 1. The minimum Gasteiger partial charge on any atom is -0.358 e. The van der Waals surface area contributed by atoms with Crippen molar-refractivity contribution >= 4 is 17.2 Å². The van der Waals surface area contributed by atoms with Crippen LogP contribution in [0.3, 0.4) is 0 Å². The van der Waals surface area contributed by atoms with E-state index in [1.54, 1.807) is 0 Å². The highest BCUT2D eigenvalue weighted by molar-refractivity contribution is 5.85. The van der Waals surface area contributed by atoms with Crippen LogP contribution in [-0.2, 0) is 4.79 Å². The van der Waals surface area contributed by atoms with E-state index < -0.39 is 22.2 Å². The van der Waals surface area contributed by atoms with Crippen LogP contribution in [-0.4, -0.2) is 23.8 Å². The first-order valence-corrected chi connectivity index (χ1v) is 5.39. The van der Waals surface area contributed by atoms with E-state index in [9.17, 15) is 23.7 Å². The summed E-state index contributed by atoms with van der Waals surface area (Å²) in [7, 11) is 0. The van der Waals surface area contributed by atoms with Crippen LogP contribution >= 0.6 is 0 Å². The Morgan fingerprint density at radius 1 is 1.33 bits per heavy atom. The Morgan fingerprint density at radius 3 is 2.67 bits per heavy atom. The summed E-state index contributed by atoms with van der Waals surface area (Å²) in [6.07, 6.45) is 0.913. The highest BCUT2D eigenvalue weighted by atomic mass is 19.1. The average molecular weight is 256 g/mol. The monoisotopic (exact) mass is 256 g/mol. The molecule has 18 heavy (non-hydrogen) atoms. The number of piperidine rings is 1. The van der Waals surface area contributed by atoms with Crippen LogP contribution in [0.15, 0.2) is 12.1 Å². The first kappa shape index (κ1) is 12.4. The van der Waals surface area contributed by atoms with E-state index in [4.69, 9.17) is 0 Å². The van der Waals surface area contributed by atoms with Gasteiger partial charge in [0.25, 0.3) is 0 Å². The highest BCUT2D eigenvalue weighted by Gasteiger charge is 2.28. The molecule has 0 unspecified atom stereocenters. The minimum absolute atomic E-state index is 0.0519. The molecule has 1 aromatic carbocycles. The van der Waals surface area contributed by atoms with Crippen molar-refractivity contribution in [3.63, 3.8) is 0 Å². The Kier molecular flexibility index (Phi) is 3.22. The number of nitro groups is 1. The standard InChI is InChI=1S/C11H10F2N2O3/c12-7-4-9(13)11(15(17)18)10(5-7)14-3-1-2-8(16)6-14/h4-5H,1-3,6H2. The number of carbonyl (C=O) groups excluding carboxylic acids is 1. The largest absolute Gasteiger partial charge is 0.358 e. The quantitative estimate of drug-likeness (QED) is 0.600. The number of nitro benzene ring substituents is 1. The molecule has 1 aliphatic rings. The van der Waals surface area contributed by atoms with Gasteiger partial charge in [0.1, 0.15) is 11.5 Å². The predicted molar refractivity (Wildman–Crippen MR) is 59.5 cm³/mol. The van der Waals surface area contributed by atoms with Gasteiger partial charge in [-0.25, -0.2) is 4.39 Å². The highest BCUT2D eigenvalue weighted by Crippen LogP contribution is 2.33. The first-order valence-electron chi connectivity index (χ1n) is 5.39. The van der Waals surface area contributed by atoms with Crippen LogP contribution in [0.25, 0.3) is 0 Å². The van der Waals surface area contributed by atoms with Crippen molar-refractivity contribution in [2.75, 3.05) is 18.0 Å². The fourth-order valence-electron chi connectivity index (χ4n) is 2.02. The van der Waals surface area contributed by atoms with Crippen LogP contribution in [0.4, 0.5) is 20.2 Å². The molecule has 0 spiro atoms. The zero-order valence-corrected chi connectivity index (χ0v) is 9.36. The van der Waals surface area contributed by atoms with Gasteiger partial charge in [0, 0.05) is 25.1 Å². The summed E-state index contributed by atoms with van der Waals surface area (Å²) in [5.74, 6) is -2.22. The molecule has 1 aliphatic heterocycles. The molecule has 0 aromatic heterocycles. The molecule has 2 rings (SSSR count). The maximum atomic E-state index is 13.4. The number of anilines is 1. The van der Waals surface area contributed by atoms with Crippen LogP contribution in [0.2, 0.25) is 0 Å². The third-order valence-electron chi connectivity index (χ3n) is 2.78. The first-order chi connectivity index (χ1) is 8.49. The molecule has 96 valence electrons. The fourth-order valence-corrected chi connectivity index (χ4v) is 2.02. The lowest BCUT2D eigenvalue weighted by atomic mass is 10.1. The van der Waals surface area contributed by atoms with Crippen LogP contribution in [0.5, 0.6) is 0 Å². The van der Waals surface area contributed by atoms with E-state index >= 15 is 0 Å². The molecule has 0 amide bonds. The average Bonchev–Trinajstić information content (AvgIpc) is 2.27. The van der Waals surface area contributed by atoms with Gasteiger partial charge in [-0.2, -0.15) is 4.39 Å². The molecule has 0 atom stereocenters. The van der Waals surface area contributed by atoms with Crippen molar-refractivity contribution in [3.8, 4) is 0 Å². The number of halogens is 2. The number of Topliss-reactive ketones (excluding diaryl/α,β-unsaturated/α-hetero) is 1. The summed E-state index contributed by atoms with van der Waals surface area (Å²) in [4.78, 5) is 22.6. The number of benzene rings is 1. The Bertz CT molecular complexity index is 519. The number of hydrogen-bond donors (Lipinski definition) is 0. The van der Waals surface area contributed by atoms with Crippen LogP contribution in [0.1, 0.15) is 12.8 Å². The third-order valence-corrected chi connectivity index (χ3v) is 2.78. The molecule has 0 bridgehead atoms. The number of rotatable bonds is 2. The summed E-state index contributed by atoms with van der Waals surface area (Å²) >= 11 is 0. The maximum Gasteiger partial charge on any atom is 0.328 e. The lowest BCUT2D eigenvalue weighted by molar-refractivity contribution is -0.386. The van der Waals surface area contributed by atoms with Gasteiger partial charge in [0.05, 0.1) is 11.5 Å². The second kappa shape index (κ2) is 4.67. The van der Waals surface area contributed by atoms with Crippen molar-refractivity contribution in [3.05, 3.63) is 33.9 Å². The van der Waals surface area contributed by atoms with Crippen LogP contribution < -0.4 is 4.90 Å². The van der Waals surface area contributed by atoms with E-state index in [2.05, 4.69) is 0 Å². The predicted octanol–water partition coefficient (Wildman–Crippen LogP) is 2.04. The molecule has 1 saturated heterocycles. The van der Waals surface area contributed by atoms with E-state index in [1.807, 2.05) is 0 Å². The second-order valence-corrected chi connectivity index (χ2v) is 4.08. The molecule has 1 fully saturated rings. The molecule has 0 aliphatic carbocycles. The van der Waals surface area contributed by atoms with Gasteiger partial charge in [-0.05, 0) is 6.42 Å². The van der Waals surface area contributed by atoms with Gasteiger partial charge in [-0.15, -0.1) is 0 Å². The third kappa shape index (κ3) is 2.29. The Hall–Kier alpha value is -2.05. The maximum absolute atomic E-state index is 13.4. The van der Waals surface area contributed by atoms with Gasteiger partial charge in [-0.1, -0.05) is 0 Å². The molecular formula is C11H10F2N2O3. The topological polar surface area (TPSA) is 63.5 Å². The molecule has 0 saturated carbocycles. The normalized spacial score (nSPS) is 15.9. The number of hydrogen-bond acceptors (Lipinski definition) is 4.